The molecule has 0 bridgehead atoms. The highest BCUT2D eigenvalue weighted by Crippen LogP contribution is 2.17. The smallest absolute Gasteiger partial charge is 0.191 e. The molecular formula is C19H38N6O. The van der Waals surface area contributed by atoms with Gasteiger partial charge in [-0.3, -0.25) is 9.67 Å². The molecule has 7 nitrogen and oxygen atoms in total. The van der Waals surface area contributed by atoms with Crippen molar-refractivity contribution in [1.82, 2.24) is 25.3 Å². The van der Waals surface area contributed by atoms with Crippen LogP contribution < -0.4 is 10.6 Å². The average molecular weight is 367 g/mol. The molecule has 1 aromatic heterocycles. The van der Waals surface area contributed by atoms with Crippen LogP contribution in [0.5, 0.6) is 0 Å². The van der Waals surface area contributed by atoms with Gasteiger partial charge in [-0.25, -0.2) is 0 Å². The third kappa shape index (κ3) is 8.19. The van der Waals surface area contributed by atoms with Gasteiger partial charge in [0.1, 0.15) is 0 Å². The van der Waals surface area contributed by atoms with Crippen LogP contribution in [-0.2, 0) is 7.05 Å². The normalized spacial score (nSPS) is 14.7. The van der Waals surface area contributed by atoms with Crippen molar-refractivity contribution in [3.05, 3.63) is 18.0 Å². The maximum absolute atomic E-state index is 9.29. The Morgan fingerprint density at radius 2 is 2.08 bits per heavy atom. The molecule has 1 aromatic rings. The van der Waals surface area contributed by atoms with Crippen molar-refractivity contribution in [1.29, 1.82) is 0 Å². The third-order valence-electron chi connectivity index (χ3n) is 4.39. The van der Waals surface area contributed by atoms with Crippen LogP contribution in [0.1, 0.15) is 45.2 Å². The summed E-state index contributed by atoms with van der Waals surface area (Å²) >= 11 is 0. The van der Waals surface area contributed by atoms with E-state index in [4.69, 9.17) is 4.99 Å². The number of likely N-dealkylation sites (N-methyl/N-ethyl adjacent to an activating group) is 1. The fourth-order valence-corrected chi connectivity index (χ4v) is 3.10. The number of aryl methyl sites for hydroxylation is 1. The first-order valence-electron chi connectivity index (χ1n) is 9.65. The van der Waals surface area contributed by atoms with Crippen molar-refractivity contribution >= 4 is 5.96 Å². The van der Waals surface area contributed by atoms with E-state index >= 15 is 0 Å². The van der Waals surface area contributed by atoms with Crippen LogP contribution in [0.2, 0.25) is 0 Å². The van der Waals surface area contributed by atoms with Gasteiger partial charge in [-0.15, -0.1) is 0 Å². The minimum absolute atomic E-state index is 0.219. The third-order valence-corrected chi connectivity index (χ3v) is 4.39. The van der Waals surface area contributed by atoms with Crippen molar-refractivity contribution < 1.29 is 5.11 Å². The van der Waals surface area contributed by atoms with Gasteiger partial charge in [-0.1, -0.05) is 13.8 Å². The van der Waals surface area contributed by atoms with E-state index in [9.17, 15) is 5.11 Å². The first-order chi connectivity index (χ1) is 12.4. The lowest BCUT2D eigenvalue weighted by Crippen LogP contribution is -2.42. The van der Waals surface area contributed by atoms with Crippen molar-refractivity contribution in [2.45, 2.75) is 39.7 Å². The van der Waals surface area contributed by atoms with E-state index in [1.165, 1.54) is 5.56 Å². The number of aliphatic hydroxyl groups is 1. The second kappa shape index (κ2) is 11.9. The molecule has 0 fully saturated rings. The highest BCUT2D eigenvalue weighted by atomic mass is 16.3. The lowest BCUT2D eigenvalue weighted by molar-refractivity contribution is 0.245. The summed E-state index contributed by atoms with van der Waals surface area (Å²) in [5.41, 5.74) is 1.18. The number of aromatic nitrogens is 2. The zero-order chi connectivity index (χ0) is 19.5. The summed E-state index contributed by atoms with van der Waals surface area (Å²) in [4.78, 5) is 6.94. The van der Waals surface area contributed by atoms with Gasteiger partial charge in [0.15, 0.2) is 5.96 Å². The highest BCUT2D eigenvalue weighted by Gasteiger charge is 2.17. The van der Waals surface area contributed by atoms with Crippen LogP contribution in [0.3, 0.4) is 0 Å². The largest absolute Gasteiger partial charge is 0.396 e. The number of aliphatic imine (C=N–C) groups is 1. The van der Waals surface area contributed by atoms with E-state index in [1.807, 2.05) is 17.9 Å². The van der Waals surface area contributed by atoms with Gasteiger partial charge >= 0.3 is 0 Å². The molecule has 0 amide bonds. The number of guanidine groups is 1. The van der Waals surface area contributed by atoms with Crippen LogP contribution in [0, 0.1) is 11.8 Å². The molecule has 1 heterocycles. The van der Waals surface area contributed by atoms with Gasteiger partial charge in [0.05, 0.1) is 12.2 Å². The molecule has 0 spiro atoms. The zero-order valence-electron chi connectivity index (χ0n) is 17.4. The number of hydrogen-bond donors (Lipinski definition) is 3. The Hall–Kier alpha value is -1.60. The quantitative estimate of drug-likeness (QED) is 0.410. The van der Waals surface area contributed by atoms with Crippen molar-refractivity contribution in [3.8, 4) is 0 Å². The lowest BCUT2D eigenvalue weighted by atomic mass is 9.94. The Balaban J connectivity index is 2.72. The van der Waals surface area contributed by atoms with Gasteiger partial charge in [0.25, 0.3) is 0 Å². The van der Waals surface area contributed by atoms with Crippen LogP contribution >= 0.6 is 0 Å². The summed E-state index contributed by atoms with van der Waals surface area (Å²) < 4.78 is 1.83. The molecule has 0 aliphatic heterocycles. The van der Waals surface area contributed by atoms with Gasteiger partial charge in [-0.05, 0) is 45.7 Å². The molecular weight excluding hydrogens is 328 g/mol. The number of hydrogen-bond acceptors (Lipinski definition) is 4. The Bertz CT molecular complexity index is 526. The minimum Gasteiger partial charge on any atom is -0.396 e. The van der Waals surface area contributed by atoms with Gasteiger partial charge in [0.2, 0.25) is 0 Å². The predicted molar refractivity (Wildman–Crippen MR) is 108 cm³/mol. The predicted octanol–water partition coefficient (Wildman–Crippen LogP) is 1.62. The molecule has 0 radical (unpaired) electrons. The van der Waals surface area contributed by atoms with Crippen LogP contribution in [0.15, 0.2) is 17.4 Å². The van der Waals surface area contributed by atoms with Crippen molar-refractivity contribution in [2.24, 2.45) is 23.9 Å². The average Bonchev–Trinajstić information content (AvgIpc) is 2.98. The first-order valence-corrected chi connectivity index (χ1v) is 9.65. The van der Waals surface area contributed by atoms with E-state index in [0.717, 1.165) is 38.4 Å². The summed E-state index contributed by atoms with van der Waals surface area (Å²) in [5, 5.41) is 20.4. The molecule has 26 heavy (non-hydrogen) atoms. The second-order valence-corrected chi connectivity index (χ2v) is 7.54. The summed E-state index contributed by atoms with van der Waals surface area (Å²) in [5.74, 6) is 1.86. The first kappa shape index (κ1) is 22.4. The molecule has 0 aliphatic carbocycles. The lowest BCUT2D eigenvalue weighted by Gasteiger charge is -2.25. The number of rotatable bonds is 11. The van der Waals surface area contributed by atoms with E-state index in [-0.39, 0.29) is 12.6 Å². The summed E-state index contributed by atoms with van der Waals surface area (Å²) in [6, 6.07) is 0.219. The number of nitrogens with zero attached hydrogens (tertiary/aromatic N) is 4. The van der Waals surface area contributed by atoms with Crippen LogP contribution in [0.4, 0.5) is 0 Å². The fraction of sp³-hybridized carbons (Fsp3) is 0.789. The molecule has 3 N–H and O–H groups in total. The molecule has 2 atom stereocenters. The van der Waals surface area contributed by atoms with Crippen LogP contribution in [-0.4, -0.2) is 66.1 Å². The van der Waals surface area contributed by atoms with Crippen molar-refractivity contribution in [3.63, 3.8) is 0 Å². The monoisotopic (exact) mass is 366 g/mol. The molecule has 0 aromatic carbocycles. The van der Waals surface area contributed by atoms with E-state index in [1.54, 1.807) is 0 Å². The molecule has 0 saturated heterocycles. The Labute approximate surface area is 158 Å². The summed E-state index contributed by atoms with van der Waals surface area (Å²) in [6.07, 6.45) is 5.85. The second-order valence-electron chi connectivity index (χ2n) is 7.54. The van der Waals surface area contributed by atoms with Crippen LogP contribution in [0.25, 0.3) is 0 Å². The maximum Gasteiger partial charge on any atom is 0.191 e. The fourth-order valence-electron chi connectivity index (χ4n) is 3.10. The number of aliphatic hydroxyl groups excluding tert-OH is 1. The molecule has 150 valence electrons. The van der Waals surface area contributed by atoms with Gasteiger partial charge < -0.3 is 20.6 Å². The van der Waals surface area contributed by atoms with Gasteiger partial charge in [0, 0.05) is 45.0 Å². The van der Waals surface area contributed by atoms with Gasteiger partial charge in [-0.2, -0.15) is 5.10 Å². The maximum atomic E-state index is 9.29. The molecule has 0 saturated carbocycles. The standard InChI is InChI=1S/C19H38N6O/c1-7-20-19(21-11-16(8-9-26)10-15(2)3)22-13-18(24(4)5)17-12-23-25(6)14-17/h12,14-16,18,26H,7-11,13H2,1-6H3,(H2,20,21,22). The zero-order valence-corrected chi connectivity index (χ0v) is 17.4. The van der Waals surface area contributed by atoms with E-state index in [0.29, 0.717) is 11.8 Å². The Morgan fingerprint density at radius 3 is 2.58 bits per heavy atom. The molecule has 2 unspecified atom stereocenters. The highest BCUT2D eigenvalue weighted by molar-refractivity contribution is 5.79. The minimum atomic E-state index is 0.219. The van der Waals surface area contributed by atoms with E-state index in [2.05, 4.69) is 61.7 Å². The summed E-state index contributed by atoms with van der Waals surface area (Å²) in [6.45, 7) is 9.02. The Kier molecular flexibility index (Phi) is 10.3. The number of nitrogens with one attached hydrogen (secondary N) is 2. The molecule has 1 rings (SSSR count). The van der Waals surface area contributed by atoms with E-state index < -0.39 is 0 Å². The summed E-state index contributed by atoms with van der Waals surface area (Å²) in [7, 11) is 6.08. The topological polar surface area (TPSA) is 77.7 Å². The SMILES string of the molecule is CCNC(=NCC(CCO)CC(C)C)NCC(c1cnn(C)c1)N(C)C. The molecule has 7 heteroatoms. The molecule has 0 aliphatic rings. The Morgan fingerprint density at radius 1 is 1.35 bits per heavy atom. The van der Waals surface area contributed by atoms with Crippen molar-refractivity contribution in [2.75, 3.05) is 40.3 Å².